The normalized spacial score (nSPS) is 20.0. The predicted molar refractivity (Wildman–Crippen MR) is 119 cm³/mol. The first-order valence-electron chi connectivity index (χ1n) is 11.1. The summed E-state index contributed by atoms with van der Waals surface area (Å²) in [6.45, 7) is 2.39. The molecule has 1 heterocycles. The van der Waals surface area contributed by atoms with Crippen LogP contribution in [0.15, 0.2) is 54.6 Å². The molecule has 31 heavy (non-hydrogen) atoms. The summed E-state index contributed by atoms with van der Waals surface area (Å²) in [5.41, 5.74) is 1.89. The highest BCUT2D eigenvalue weighted by atomic mass is 16.2. The number of benzene rings is 2. The van der Waals surface area contributed by atoms with Crippen molar-refractivity contribution >= 4 is 23.4 Å². The standard InChI is InChI=1S/C25H29N3O3/c1-17(18-9-3-2-4-10-18)26-25(31)21-13-7-8-14-22(21)27-24(30)19-15-23(29)28(16-19)20-11-5-6-12-20/h2-4,7-10,13-14,17,19-20H,5-6,11-12,15-16H2,1H3,(H,26,31)(H,27,30). The van der Waals surface area contributed by atoms with Crippen LogP contribution in [-0.2, 0) is 9.59 Å². The molecule has 2 unspecified atom stereocenters. The van der Waals surface area contributed by atoms with Crippen LogP contribution in [0.4, 0.5) is 5.69 Å². The van der Waals surface area contributed by atoms with Crippen molar-refractivity contribution < 1.29 is 14.4 Å². The maximum absolute atomic E-state index is 12.9. The quantitative estimate of drug-likeness (QED) is 0.745. The topological polar surface area (TPSA) is 78.5 Å². The van der Waals surface area contributed by atoms with E-state index in [1.165, 1.54) is 0 Å². The minimum Gasteiger partial charge on any atom is -0.345 e. The number of nitrogens with one attached hydrogen (secondary N) is 2. The molecular formula is C25H29N3O3. The van der Waals surface area contributed by atoms with Crippen molar-refractivity contribution in [1.82, 2.24) is 10.2 Å². The Morgan fingerprint density at radius 1 is 1.00 bits per heavy atom. The van der Waals surface area contributed by atoms with Crippen molar-refractivity contribution in [2.24, 2.45) is 5.92 Å². The zero-order valence-corrected chi connectivity index (χ0v) is 17.8. The minimum atomic E-state index is -0.382. The molecule has 6 heteroatoms. The Kier molecular flexibility index (Phi) is 6.35. The third kappa shape index (κ3) is 4.79. The molecule has 162 valence electrons. The first-order valence-corrected chi connectivity index (χ1v) is 11.1. The molecule has 2 aromatic rings. The molecule has 2 fully saturated rings. The summed E-state index contributed by atoms with van der Waals surface area (Å²) in [6, 6.07) is 16.8. The smallest absolute Gasteiger partial charge is 0.253 e. The molecule has 1 aliphatic heterocycles. The van der Waals surface area contributed by atoms with E-state index in [9.17, 15) is 14.4 Å². The van der Waals surface area contributed by atoms with Crippen LogP contribution in [0, 0.1) is 5.92 Å². The van der Waals surface area contributed by atoms with Gasteiger partial charge in [0.1, 0.15) is 0 Å². The maximum Gasteiger partial charge on any atom is 0.253 e. The SMILES string of the molecule is CC(NC(=O)c1ccccc1NC(=O)C1CC(=O)N(C2CCCC2)C1)c1ccccc1. The zero-order chi connectivity index (χ0) is 21.8. The number of likely N-dealkylation sites (tertiary alicyclic amines) is 1. The average Bonchev–Trinajstić information content (AvgIpc) is 3.44. The van der Waals surface area contributed by atoms with Gasteiger partial charge in [-0.05, 0) is 37.5 Å². The fraction of sp³-hybridized carbons (Fsp3) is 0.400. The van der Waals surface area contributed by atoms with E-state index in [4.69, 9.17) is 0 Å². The molecule has 0 bridgehead atoms. The Balaban J connectivity index is 1.42. The number of para-hydroxylation sites is 1. The summed E-state index contributed by atoms with van der Waals surface area (Å²) >= 11 is 0. The van der Waals surface area contributed by atoms with Crippen LogP contribution in [0.25, 0.3) is 0 Å². The molecule has 1 saturated heterocycles. The number of nitrogens with zero attached hydrogens (tertiary/aromatic N) is 1. The van der Waals surface area contributed by atoms with Crippen molar-refractivity contribution in [3.05, 3.63) is 65.7 Å². The van der Waals surface area contributed by atoms with Crippen molar-refractivity contribution in [3.63, 3.8) is 0 Å². The zero-order valence-electron chi connectivity index (χ0n) is 17.8. The lowest BCUT2D eigenvalue weighted by Gasteiger charge is -2.24. The van der Waals surface area contributed by atoms with Crippen LogP contribution in [0.5, 0.6) is 0 Å². The van der Waals surface area contributed by atoms with E-state index < -0.39 is 0 Å². The van der Waals surface area contributed by atoms with Gasteiger partial charge in [-0.15, -0.1) is 0 Å². The molecule has 0 spiro atoms. The predicted octanol–water partition coefficient (Wildman–Crippen LogP) is 3.91. The Hall–Kier alpha value is -3.15. The van der Waals surface area contributed by atoms with Gasteiger partial charge in [-0.25, -0.2) is 0 Å². The summed E-state index contributed by atoms with van der Waals surface area (Å²) in [7, 11) is 0. The summed E-state index contributed by atoms with van der Waals surface area (Å²) < 4.78 is 0. The molecule has 1 aliphatic carbocycles. The number of amides is 3. The van der Waals surface area contributed by atoms with Gasteiger partial charge in [0.25, 0.3) is 5.91 Å². The fourth-order valence-electron chi connectivity index (χ4n) is 4.60. The Bertz CT molecular complexity index is 953. The molecule has 6 nitrogen and oxygen atoms in total. The molecular weight excluding hydrogens is 390 g/mol. The summed E-state index contributed by atoms with van der Waals surface area (Å²) in [5, 5.41) is 5.89. The highest BCUT2D eigenvalue weighted by molar-refractivity contribution is 6.05. The van der Waals surface area contributed by atoms with E-state index in [0.717, 1.165) is 31.2 Å². The largest absolute Gasteiger partial charge is 0.345 e. The van der Waals surface area contributed by atoms with Crippen LogP contribution in [-0.4, -0.2) is 35.2 Å². The van der Waals surface area contributed by atoms with Gasteiger partial charge in [0, 0.05) is 19.0 Å². The molecule has 2 atom stereocenters. The molecule has 1 saturated carbocycles. The van der Waals surface area contributed by atoms with Gasteiger partial charge in [0.2, 0.25) is 11.8 Å². The van der Waals surface area contributed by atoms with Gasteiger partial charge in [0.05, 0.1) is 23.2 Å². The molecule has 0 radical (unpaired) electrons. The van der Waals surface area contributed by atoms with Gasteiger partial charge in [0.15, 0.2) is 0 Å². The monoisotopic (exact) mass is 419 g/mol. The molecule has 2 N–H and O–H groups in total. The highest BCUT2D eigenvalue weighted by Crippen LogP contribution is 2.30. The second-order valence-electron chi connectivity index (χ2n) is 8.53. The Morgan fingerprint density at radius 2 is 1.68 bits per heavy atom. The van der Waals surface area contributed by atoms with E-state index in [2.05, 4.69) is 10.6 Å². The molecule has 3 amide bonds. The van der Waals surface area contributed by atoms with Crippen molar-refractivity contribution in [2.75, 3.05) is 11.9 Å². The van der Waals surface area contributed by atoms with E-state index in [1.807, 2.05) is 42.2 Å². The lowest BCUT2D eigenvalue weighted by Crippen LogP contribution is -2.35. The number of rotatable bonds is 6. The second-order valence-corrected chi connectivity index (χ2v) is 8.53. The third-order valence-electron chi connectivity index (χ3n) is 6.37. The number of carbonyl (C=O) groups excluding carboxylic acids is 3. The van der Waals surface area contributed by atoms with Gasteiger partial charge >= 0.3 is 0 Å². The summed E-state index contributed by atoms with van der Waals surface area (Å²) in [6.07, 6.45) is 4.59. The molecule has 2 aromatic carbocycles. The maximum atomic E-state index is 12.9. The van der Waals surface area contributed by atoms with Gasteiger partial charge in [-0.3, -0.25) is 14.4 Å². The number of carbonyl (C=O) groups is 3. The van der Waals surface area contributed by atoms with Crippen LogP contribution in [0.3, 0.4) is 0 Å². The van der Waals surface area contributed by atoms with Gasteiger partial charge < -0.3 is 15.5 Å². The van der Waals surface area contributed by atoms with E-state index >= 15 is 0 Å². The van der Waals surface area contributed by atoms with Crippen molar-refractivity contribution in [3.8, 4) is 0 Å². The minimum absolute atomic E-state index is 0.0646. The number of hydrogen-bond acceptors (Lipinski definition) is 3. The summed E-state index contributed by atoms with van der Waals surface area (Å²) in [4.78, 5) is 40.2. The van der Waals surface area contributed by atoms with Crippen LogP contribution in [0.1, 0.15) is 61.0 Å². The first kappa shape index (κ1) is 21.1. The lowest BCUT2D eigenvalue weighted by molar-refractivity contribution is -0.129. The number of anilines is 1. The molecule has 2 aliphatic rings. The molecule has 0 aromatic heterocycles. The molecule has 4 rings (SSSR count). The van der Waals surface area contributed by atoms with E-state index in [1.54, 1.807) is 24.3 Å². The van der Waals surface area contributed by atoms with Crippen LogP contribution >= 0.6 is 0 Å². The van der Waals surface area contributed by atoms with Crippen LogP contribution < -0.4 is 10.6 Å². The Morgan fingerprint density at radius 3 is 2.42 bits per heavy atom. The average molecular weight is 420 g/mol. The second kappa shape index (κ2) is 9.33. The Labute approximate surface area is 183 Å². The first-order chi connectivity index (χ1) is 15.0. The van der Waals surface area contributed by atoms with Crippen molar-refractivity contribution in [1.29, 1.82) is 0 Å². The van der Waals surface area contributed by atoms with Gasteiger partial charge in [-0.2, -0.15) is 0 Å². The van der Waals surface area contributed by atoms with Crippen molar-refractivity contribution in [2.45, 2.75) is 51.1 Å². The lowest BCUT2D eigenvalue weighted by atomic mass is 10.1. The van der Waals surface area contributed by atoms with Gasteiger partial charge in [-0.1, -0.05) is 55.3 Å². The number of hydrogen-bond donors (Lipinski definition) is 2. The van der Waals surface area contributed by atoms with E-state index in [0.29, 0.717) is 17.8 Å². The van der Waals surface area contributed by atoms with E-state index in [-0.39, 0.29) is 42.1 Å². The van der Waals surface area contributed by atoms with Crippen LogP contribution in [0.2, 0.25) is 0 Å². The fourth-order valence-corrected chi connectivity index (χ4v) is 4.60. The summed E-state index contributed by atoms with van der Waals surface area (Å²) in [5.74, 6) is -0.769. The highest BCUT2D eigenvalue weighted by Gasteiger charge is 2.38. The third-order valence-corrected chi connectivity index (χ3v) is 6.37.